The van der Waals surface area contributed by atoms with Crippen molar-refractivity contribution in [2.24, 2.45) is 5.92 Å². The Morgan fingerprint density at radius 2 is 1.68 bits per heavy atom. The number of benzene rings is 2. The van der Waals surface area contributed by atoms with Crippen LogP contribution in [-0.2, 0) is 10.0 Å². The third-order valence-electron chi connectivity index (χ3n) is 5.19. The van der Waals surface area contributed by atoms with Gasteiger partial charge in [0.05, 0.1) is 16.6 Å². The van der Waals surface area contributed by atoms with E-state index in [1.54, 1.807) is 24.3 Å². The summed E-state index contributed by atoms with van der Waals surface area (Å²) < 4.78 is 27.1. The third kappa shape index (κ3) is 3.95. The summed E-state index contributed by atoms with van der Waals surface area (Å²) >= 11 is 0. The van der Waals surface area contributed by atoms with E-state index in [1.165, 1.54) is 28.6 Å². The minimum Gasteiger partial charge on any atom is -0.478 e. The zero-order valence-electron chi connectivity index (χ0n) is 15.4. The molecule has 1 heterocycles. The number of carboxylic acids is 1. The molecule has 1 aliphatic rings. The molecule has 3 N–H and O–H groups in total. The number of carboxylic acid groups (broad SMARTS) is 1. The summed E-state index contributed by atoms with van der Waals surface area (Å²) in [5, 5.41) is 29.6. The van der Waals surface area contributed by atoms with Crippen LogP contribution in [0, 0.1) is 12.8 Å². The van der Waals surface area contributed by atoms with E-state index in [0.717, 1.165) is 5.56 Å². The Balaban J connectivity index is 1.86. The predicted octanol–water partition coefficient (Wildman–Crippen LogP) is 1.45. The van der Waals surface area contributed by atoms with E-state index >= 15 is 0 Å². The number of nitrogens with zero attached hydrogens (tertiary/aromatic N) is 1. The van der Waals surface area contributed by atoms with E-state index in [9.17, 15) is 23.4 Å². The summed E-state index contributed by atoms with van der Waals surface area (Å²) in [4.78, 5) is 11.2. The third-order valence-corrected chi connectivity index (χ3v) is 7.03. The molecule has 0 aliphatic carbocycles. The Morgan fingerprint density at radius 1 is 1.07 bits per heavy atom. The number of aryl methyl sites for hydroxylation is 1. The molecule has 1 saturated heterocycles. The fourth-order valence-electron chi connectivity index (χ4n) is 3.66. The van der Waals surface area contributed by atoms with E-state index in [4.69, 9.17) is 5.11 Å². The van der Waals surface area contributed by atoms with Crippen molar-refractivity contribution in [1.29, 1.82) is 0 Å². The molecule has 150 valence electrons. The van der Waals surface area contributed by atoms with E-state index in [2.05, 4.69) is 0 Å². The molecular weight excluding hydrogens is 382 g/mol. The topological polar surface area (TPSA) is 115 Å². The van der Waals surface area contributed by atoms with Gasteiger partial charge in [-0.2, -0.15) is 4.31 Å². The summed E-state index contributed by atoms with van der Waals surface area (Å²) in [5.74, 6) is -2.05. The SMILES string of the molecule is Cc1ccc(S(=O)(=O)N2C[C@H](CO)[C@@H](c3ccc(C(=O)O)cc3)[C@H](O)C2)cc1. The molecule has 2 aromatic carbocycles. The minimum absolute atomic E-state index is 0.0646. The molecule has 2 aromatic rings. The van der Waals surface area contributed by atoms with Crippen molar-refractivity contribution >= 4 is 16.0 Å². The number of aliphatic hydroxyl groups is 2. The van der Waals surface area contributed by atoms with Gasteiger partial charge < -0.3 is 15.3 Å². The van der Waals surface area contributed by atoms with Crippen molar-refractivity contribution in [3.8, 4) is 0 Å². The lowest BCUT2D eigenvalue weighted by Crippen LogP contribution is -2.51. The van der Waals surface area contributed by atoms with Crippen LogP contribution in [0.15, 0.2) is 53.4 Å². The first-order chi connectivity index (χ1) is 13.2. The quantitative estimate of drug-likeness (QED) is 0.694. The number of aromatic carboxylic acids is 1. The van der Waals surface area contributed by atoms with Gasteiger partial charge in [-0.15, -0.1) is 0 Å². The van der Waals surface area contributed by atoms with Crippen LogP contribution in [0.3, 0.4) is 0 Å². The van der Waals surface area contributed by atoms with Gasteiger partial charge in [0, 0.05) is 31.5 Å². The molecule has 0 unspecified atom stereocenters. The van der Waals surface area contributed by atoms with Gasteiger partial charge in [0.1, 0.15) is 0 Å². The van der Waals surface area contributed by atoms with Gasteiger partial charge in [-0.05, 0) is 36.8 Å². The highest BCUT2D eigenvalue weighted by molar-refractivity contribution is 7.89. The van der Waals surface area contributed by atoms with Gasteiger partial charge in [0.2, 0.25) is 10.0 Å². The fraction of sp³-hybridized carbons (Fsp3) is 0.350. The van der Waals surface area contributed by atoms with Gasteiger partial charge in [-0.1, -0.05) is 29.8 Å². The van der Waals surface area contributed by atoms with Crippen LogP contribution in [0.4, 0.5) is 0 Å². The van der Waals surface area contributed by atoms with Crippen LogP contribution in [-0.4, -0.2) is 59.8 Å². The van der Waals surface area contributed by atoms with Crippen LogP contribution in [0.1, 0.15) is 27.4 Å². The Labute approximate surface area is 163 Å². The first-order valence-corrected chi connectivity index (χ1v) is 10.4. The van der Waals surface area contributed by atoms with Gasteiger partial charge >= 0.3 is 5.97 Å². The second-order valence-corrected chi connectivity index (χ2v) is 9.04. The molecule has 7 nitrogen and oxygen atoms in total. The molecule has 3 rings (SSSR count). The Bertz CT molecular complexity index is 940. The molecule has 0 bridgehead atoms. The molecule has 1 fully saturated rings. The van der Waals surface area contributed by atoms with E-state index in [-0.39, 0.29) is 30.2 Å². The van der Waals surface area contributed by atoms with Crippen LogP contribution in [0.2, 0.25) is 0 Å². The first kappa shape index (κ1) is 20.5. The molecule has 3 atom stereocenters. The Morgan fingerprint density at radius 3 is 2.21 bits per heavy atom. The Kier molecular flexibility index (Phi) is 5.85. The number of hydrogen-bond donors (Lipinski definition) is 3. The highest BCUT2D eigenvalue weighted by Gasteiger charge is 2.41. The number of β-amino-alcohol motifs (C(OH)–C–C–N with tert-alkyl or cyclic N) is 1. The average Bonchev–Trinajstić information content (AvgIpc) is 2.67. The molecule has 0 aromatic heterocycles. The van der Waals surface area contributed by atoms with Crippen LogP contribution in [0.25, 0.3) is 0 Å². The first-order valence-electron chi connectivity index (χ1n) is 8.93. The number of rotatable bonds is 5. The fourth-order valence-corrected chi connectivity index (χ4v) is 5.17. The van der Waals surface area contributed by atoms with Crippen LogP contribution in [0.5, 0.6) is 0 Å². The van der Waals surface area contributed by atoms with E-state index in [1.807, 2.05) is 6.92 Å². The zero-order valence-corrected chi connectivity index (χ0v) is 16.2. The van der Waals surface area contributed by atoms with E-state index in [0.29, 0.717) is 5.56 Å². The predicted molar refractivity (Wildman–Crippen MR) is 103 cm³/mol. The summed E-state index contributed by atoms with van der Waals surface area (Å²) in [7, 11) is -3.79. The molecule has 0 radical (unpaired) electrons. The van der Waals surface area contributed by atoms with Gasteiger partial charge in [-0.25, -0.2) is 13.2 Å². The van der Waals surface area contributed by atoms with Gasteiger partial charge in [-0.3, -0.25) is 0 Å². The number of aliphatic hydroxyl groups excluding tert-OH is 2. The summed E-state index contributed by atoms with van der Waals surface area (Å²) in [6.07, 6.45) is -1.03. The monoisotopic (exact) mass is 405 g/mol. The van der Waals surface area contributed by atoms with Crippen molar-refractivity contribution in [2.75, 3.05) is 19.7 Å². The van der Waals surface area contributed by atoms with Gasteiger partial charge in [0.25, 0.3) is 0 Å². The van der Waals surface area contributed by atoms with E-state index < -0.39 is 33.9 Å². The number of carbonyl (C=O) groups is 1. The minimum atomic E-state index is -3.79. The zero-order chi connectivity index (χ0) is 20.5. The molecule has 1 aliphatic heterocycles. The van der Waals surface area contributed by atoms with Crippen molar-refractivity contribution < 1.29 is 28.5 Å². The summed E-state index contributed by atoms with van der Waals surface area (Å²) in [6.45, 7) is 1.53. The lowest BCUT2D eigenvalue weighted by atomic mass is 9.79. The number of sulfonamides is 1. The molecule has 0 saturated carbocycles. The lowest BCUT2D eigenvalue weighted by Gasteiger charge is -2.40. The van der Waals surface area contributed by atoms with Crippen molar-refractivity contribution in [1.82, 2.24) is 4.31 Å². The lowest BCUT2D eigenvalue weighted by molar-refractivity contribution is 0.0299. The normalized spacial score (nSPS) is 23.5. The van der Waals surface area contributed by atoms with Crippen molar-refractivity contribution in [3.05, 3.63) is 65.2 Å². The van der Waals surface area contributed by atoms with Gasteiger partial charge in [0.15, 0.2) is 0 Å². The number of hydrogen-bond acceptors (Lipinski definition) is 5. The largest absolute Gasteiger partial charge is 0.478 e. The second-order valence-electron chi connectivity index (χ2n) is 7.10. The second kappa shape index (κ2) is 8.00. The van der Waals surface area contributed by atoms with Crippen LogP contribution >= 0.6 is 0 Å². The number of piperidine rings is 1. The van der Waals surface area contributed by atoms with Crippen LogP contribution < -0.4 is 0 Å². The average molecular weight is 405 g/mol. The maximum atomic E-state index is 12.9. The smallest absolute Gasteiger partial charge is 0.335 e. The summed E-state index contributed by atoms with van der Waals surface area (Å²) in [5.41, 5.74) is 1.73. The Hall–Kier alpha value is -2.26. The standard InChI is InChI=1S/C20H23NO6S/c1-13-2-8-17(9-3-13)28(26,27)21-10-16(12-22)19(18(23)11-21)14-4-6-15(7-5-14)20(24)25/h2-9,16,18-19,22-23H,10-12H2,1H3,(H,24,25)/t16-,18-,19-/m1/s1. The highest BCUT2D eigenvalue weighted by atomic mass is 32.2. The van der Waals surface area contributed by atoms with Crippen molar-refractivity contribution in [2.45, 2.75) is 23.8 Å². The molecule has 8 heteroatoms. The maximum absolute atomic E-state index is 12.9. The summed E-state index contributed by atoms with van der Waals surface area (Å²) in [6, 6.07) is 12.6. The van der Waals surface area contributed by atoms with Crippen molar-refractivity contribution in [3.63, 3.8) is 0 Å². The molecule has 0 amide bonds. The molecular formula is C20H23NO6S. The highest BCUT2D eigenvalue weighted by Crippen LogP contribution is 2.35. The molecule has 0 spiro atoms. The molecule has 28 heavy (non-hydrogen) atoms. The maximum Gasteiger partial charge on any atom is 0.335 e.